The number of ether oxygens (including phenoxy) is 4. The molecule has 0 saturated carbocycles. The third-order valence-electron chi connectivity index (χ3n) is 4.14. The number of hydrogen-bond donors (Lipinski definition) is 1. The summed E-state index contributed by atoms with van der Waals surface area (Å²) in [7, 11) is 14.9. The van der Waals surface area contributed by atoms with Crippen LogP contribution in [0, 0.1) is 0 Å². The van der Waals surface area contributed by atoms with Crippen molar-refractivity contribution in [2.24, 2.45) is 0 Å². The lowest BCUT2D eigenvalue weighted by molar-refractivity contribution is -0.0888. The number of alkyl halides is 2. The quantitative estimate of drug-likeness (QED) is 0.412. The highest BCUT2D eigenvalue weighted by Gasteiger charge is 2.58. The molecule has 1 N–H and O–H groups in total. The van der Waals surface area contributed by atoms with Crippen LogP contribution in [0.15, 0.2) is 0 Å². The van der Waals surface area contributed by atoms with Crippen molar-refractivity contribution in [1.82, 2.24) is 0 Å². The van der Waals surface area contributed by atoms with Crippen LogP contribution in [0.3, 0.4) is 0 Å². The van der Waals surface area contributed by atoms with Crippen LogP contribution in [0.1, 0.15) is 6.42 Å². The molecule has 3 unspecified atom stereocenters. The van der Waals surface area contributed by atoms with Crippen molar-refractivity contribution in [3.8, 4) is 0 Å². The SMILES string of the molecule is [B][B][C@H]1CC(OC)[C@@H](COP(O)(=S)OC2[C@@H](COC)O[C@@H]([B])C2(F)F)O1. The van der Waals surface area contributed by atoms with Gasteiger partial charge in [0.05, 0.1) is 32.5 Å². The molecule has 0 spiro atoms. The number of halogens is 2. The number of methoxy groups -OCH3 is 2. The van der Waals surface area contributed by atoms with E-state index in [4.69, 9.17) is 55.4 Å². The van der Waals surface area contributed by atoms with Gasteiger partial charge in [0, 0.05) is 28.0 Å². The second kappa shape index (κ2) is 9.28. The maximum atomic E-state index is 14.2. The monoisotopic (exact) mass is 409 g/mol. The predicted octanol–water partition coefficient (Wildman–Crippen LogP) is -0.302. The summed E-state index contributed by atoms with van der Waals surface area (Å²) in [4.78, 5) is 10.2. The minimum Gasteiger partial charge on any atom is -0.382 e. The number of rotatable bonds is 9. The van der Waals surface area contributed by atoms with Crippen molar-refractivity contribution in [2.75, 3.05) is 27.4 Å². The molecule has 2 aliphatic heterocycles. The van der Waals surface area contributed by atoms with Gasteiger partial charge in [0.15, 0.2) is 6.10 Å². The van der Waals surface area contributed by atoms with Crippen LogP contribution in [0.25, 0.3) is 0 Å². The zero-order valence-electron chi connectivity index (χ0n) is 14.3. The smallest absolute Gasteiger partial charge is 0.325 e. The first-order valence-corrected chi connectivity index (χ1v) is 10.4. The highest BCUT2D eigenvalue weighted by molar-refractivity contribution is 8.07. The van der Waals surface area contributed by atoms with Crippen molar-refractivity contribution in [3.63, 3.8) is 0 Å². The summed E-state index contributed by atoms with van der Waals surface area (Å²) >= 11 is 4.85. The first-order chi connectivity index (χ1) is 12.1. The molecule has 14 heteroatoms. The van der Waals surface area contributed by atoms with Crippen molar-refractivity contribution >= 4 is 41.3 Å². The van der Waals surface area contributed by atoms with Crippen LogP contribution < -0.4 is 0 Å². The third kappa shape index (κ3) is 5.27. The summed E-state index contributed by atoms with van der Waals surface area (Å²) in [6.07, 6.45) is -3.54. The molecule has 2 saturated heterocycles. The van der Waals surface area contributed by atoms with Gasteiger partial charge in [-0.05, 0) is 18.2 Å². The van der Waals surface area contributed by atoms with Crippen molar-refractivity contribution in [1.29, 1.82) is 0 Å². The third-order valence-corrected chi connectivity index (χ3v) is 5.69. The van der Waals surface area contributed by atoms with Gasteiger partial charge < -0.3 is 28.4 Å². The molecule has 0 aromatic heterocycles. The van der Waals surface area contributed by atoms with E-state index in [1.807, 2.05) is 0 Å². The molecule has 2 fully saturated rings. The van der Waals surface area contributed by atoms with E-state index in [0.29, 0.717) is 6.42 Å². The molecule has 143 valence electrons. The minimum atomic E-state index is -4.04. The fourth-order valence-electron chi connectivity index (χ4n) is 2.80. The highest BCUT2D eigenvalue weighted by atomic mass is 32.5. The van der Waals surface area contributed by atoms with Crippen molar-refractivity contribution in [2.45, 2.75) is 48.8 Å². The van der Waals surface area contributed by atoms with Crippen molar-refractivity contribution < 1.29 is 41.7 Å². The number of hydrogen-bond acceptors (Lipinski definition) is 7. The molecular formula is C12H19B3F2O7PS. The molecule has 0 aromatic rings. The van der Waals surface area contributed by atoms with Gasteiger partial charge in [-0.3, -0.25) is 4.52 Å². The van der Waals surface area contributed by atoms with Crippen LogP contribution >= 0.6 is 6.72 Å². The summed E-state index contributed by atoms with van der Waals surface area (Å²) in [5.41, 5.74) is 0. The Bertz CT molecular complexity index is 523. The molecule has 7 nitrogen and oxygen atoms in total. The topological polar surface area (TPSA) is 75.6 Å². The fourth-order valence-corrected chi connectivity index (χ4v) is 4.22. The average molecular weight is 409 g/mol. The molecular weight excluding hydrogens is 390 g/mol. The Balaban J connectivity index is 1.97. The molecule has 0 amide bonds. The van der Waals surface area contributed by atoms with Crippen LogP contribution in [0.4, 0.5) is 8.78 Å². The van der Waals surface area contributed by atoms with E-state index in [1.165, 1.54) is 21.4 Å². The van der Waals surface area contributed by atoms with Crippen LogP contribution in [0.2, 0.25) is 0 Å². The summed E-state index contributed by atoms with van der Waals surface area (Å²) in [6.45, 7) is -4.47. The molecule has 0 bridgehead atoms. The molecule has 2 aliphatic rings. The largest absolute Gasteiger partial charge is 0.382 e. The average Bonchev–Trinajstić information content (AvgIpc) is 3.07. The van der Waals surface area contributed by atoms with Crippen LogP contribution in [-0.4, -0.2) is 97.4 Å². The molecule has 26 heavy (non-hydrogen) atoms. The Morgan fingerprint density at radius 2 is 2.00 bits per heavy atom. The zero-order valence-corrected chi connectivity index (χ0v) is 16.0. The van der Waals surface area contributed by atoms with Crippen molar-refractivity contribution in [3.05, 3.63) is 0 Å². The molecule has 2 heterocycles. The van der Waals surface area contributed by atoms with E-state index in [1.54, 1.807) is 0 Å². The van der Waals surface area contributed by atoms with Crippen LogP contribution in [-0.2, 0) is 39.8 Å². The van der Waals surface area contributed by atoms with Gasteiger partial charge in [0.25, 0.3) is 5.92 Å². The zero-order chi connectivity index (χ0) is 19.5. The van der Waals surface area contributed by atoms with E-state index in [0.717, 1.165) is 0 Å². The van der Waals surface area contributed by atoms with E-state index in [9.17, 15) is 13.7 Å². The molecule has 5 radical (unpaired) electrons. The summed E-state index contributed by atoms with van der Waals surface area (Å²) in [6, 6.07) is -2.25. The van der Waals surface area contributed by atoms with Crippen LogP contribution in [0.5, 0.6) is 0 Å². The summed E-state index contributed by atoms with van der Waals surface area (Å²) in [5, 5.41) is 0. The van der Waals surface area contributed by atoms with Gasteiger partial charge >= 0.3 is 6.72 Å². The van der Waals surface area contributed by atoms with E-state index >= 15 is 0 Å². The fraction of sp³-hybridized carbons (Fsp3) is 1.00. The van der Waals surface area contributed by atoms with Gasteiger partial charge in [-0.1, -0.05) is 0 Å². The van der Waals surface area contributed by atoms with E-state index in [-0.39, 0.29) is 25.3 Å². The first kappa shape index (κ1) is 22.7. The maximum Gasteiger partial charge on any atom is 0.325 e. The maximum absolute atomic E-state index is 14.2. The molecule has 0 aliphatic carbocycles. The summed E-state index contributed by atoms with van der Waals surface area (Å²) in [5.74, 6) is -3.57. The second-order valence-electron chi connectivity index (χ2n) is 5.93. The Kier molecular flexibility index (Phi) is 8.11. The normalized spacial score (nSPS) is 39.0. The highest BCUT2D eigenvalue weighted by Crippen LogP contribution is 2.51. The standard InChI is InChI=1S/C12H19B3F2O7PS/c1-19-4-8-10(12(16,17)11(13)23-8)24-25(18,26)21-5-7-6(20-2)3-9(15-14)22-7/h6-11H,3-5H2,1-2H3,(H,18,26)/t6?,7-,8-,9-,10?,11-,25?/m1/s1. The van der Waals surface area contributed by atoms with Gasteiger partial charge in [-0.15, -0.1) is 0 Å². The Hall–Kier alpha value is 0.425. The van der Waals surface area contributed by atoms with E-state index in [2.05, 4.69) is 0 Å². The molecule has 2 rings (SSSR count). The predicted molar refractivity (Wildman–Crippen MR) is 94.1 cm³/mol. The molecule has 7 atom stereocenters. The Morgan fingerprint density at radius 1 is 1.31 bits per heavy atom. The lowest BCUT2D eigenvalue weighted by atomic mass is 9.51. The minimum absolute atomic E-state index is 0.212. The lowest BCUT2D eigenvalue weighted by Crippen LogP contribution is -2.42. The second-order valence-corrected chi connectivity index (χ2v) is 8.72. The van der Waals surface area contributed by atoms with Gasteiger partial charge in [-0.25, -0.2) is 8.78 Å². The first-order valence-electron chi connectivity index (χ1n) is 7.81. The van der Waals surface area contributed by atoms with E-state index < -0.39 is 37.0 Å². The lowest BCUT2D eigenvalue weighted by Gasteiger charge is -2.28. The summed E-state index contributed by atoms with van der Waals surface area (Å²) < 4.78 is 59.1. The van der Waals surface area contributed by atoms with Gasteiger partial charge in [0.2, 0.25) is 0 Å². The van der Waals surface area contributed by atoms with Gasteiger partial charge in [-0.2, -0.15) is 0 Å². The van der Waals surface area contributed by atoms with Gasteiger partial charge in [0.1, 0.15) is 20.1 Å². The Morgan fingerprint density at radius 3 is 2.58 bits per heavy atom. The molecule has 0 aromatic carbocycles. The Labute approximate surface area is 159 Å².